The van der Waals surface area contributed by atoms with Gasteiger partial charge in [-0.05, 0) is 46.5 Å². The third-order valence-electron chi connectivity index (χ3n) is 3.82. The van der Waals surface area contributed by atoms with Crippen LogP contribution in [0.25, 0.3) is 0 Å². The summed E-state index contributed by atoms with van der Waals surface area (Å²) in [6, 6.07) is 1.51. The predicted octanol–water partition coefficient (Wildman–Crippen LogP) is 4.08. The Morgan fingerprint density at radius 1 is 0.800 bits per heavy atom. The summed E-state index contributed by atoms with van der Waals surface area (Å²) in [5, 5.41) is 0. The fourth-order valence-corrected chi connectivity index (χ4v) is 2.66. The predicted molar refractivity (Wildman–Crippen MR) is 70.0 cm³/mol. The lowest BCUT2D eigenvalue weighted by atomic mass is 10.0. The van der Waals surface area contributed by atoms with Gasteiger partial charge < -0.3 is 4.48 Å². The highest BCUT2D eigenvalue weighted by Gasteiger charge is 2.33. The van der Waals surface area contributed by atoms with Crippen molar-refractivity contribution in [3.63, 3.8) is 0 Å². The molecule has 0 aromatic rings. The van der Waals surface area contributed by atoms with E-state index in [9.17, 15) is 0 Å². The Balaban J connectivity index is 4.63. The zero-order chi connectivity index (χ0) is 12.1. The average Bonchev–Trinajstić information content (AvgIpc) is 2.10. The summed E-state index contributed by atoms with van der Waals surface area (Å²) >= 11 is 0. The Morgan fingerprint density at radius 2 is 1.27 bits per heavy atom. The molecule has 0 aromatic heterocycles. The maximum Gasteiger partial charge on any atom is 0.0835 e. The van der Waals surface area contributed by atoms with Gasteiger partial charge in [-0.1, -0.05) is 20.8 Å². The van der Waals surface area contributed by atoms with Gasteiger partial charge in [0.1, 0.15) is 0 Å². The van der Waals surface area contributed by atoms with E-state index in [0.717, 1.165) is 18.0 Å². The summed E-state index contributed by atoms with van der Waals surface area (Å²) < 4.78 is 1.30. The number of nitrogens with zero attached hydrogens (tertiary/aromatic N) is 1. The number of rotatable bonds is 7. The third-order valence-corrected chi connectivity index (χ3v) is 3.82. The summed E-state index contributed by atoms with van der Waals surface area (Å²) in [5.74, 6) is 0.830. The fourth-order valence-electron chi connectivity index (χ4n) is 2.66. The van der Waals surface area contributed by atoms with Crippen molar-refractivity contribution >= 4 is 0 Å². The van der Waals surface area contributed by atoms with Gasteiger partial charge in [0.25, 0.3) is 0 Å². The second-order valence-corrected chi connectivity index (χ2v) is 5.92. The molecule has 0 aliphatic heterocycles. The molecule has 15 heavy (non-hydrogen) atoms. The number of quaternary nitrogens is 1. The zero-order valence-corrected chi connectivity index (χ0v) is 12.0. The van der Waals surface area contributed by atoms with E-state index in [0.29, 0.717) is 0 Å². The zero-order valence-electron chi connectivity index (χ0n) is 12.0. The minimum atomic E-state index is 0.753. The Morgan fingerprint density at radius 3 is 1.53 bits per heavy atom. The molecule has 0 saturated carbocycles. The van der Waals surface area contributed by atoms with E-state index in [1.54, 1.807) is 0 Å². The lowest BCUT2D eigenvalue weighted by Crippen LogP contribution is -2.58. The summed E-state index contributed by atoms with van der Waals surface area (Å²) in [6.07, 6.45) is 2.66. The van der Waals surface area contributed by atoms with Crippen molar-refractivity contribution in [1.82, 2.24) is 0 Å². The highest BCUT2D eigenvalue weighted by atomic mass is 15.4. The summed E-state index contributed by atoms with van der Waals surface area (Å²) in [4.78, 5) is 0. The SMILES string of the molecule is CCC[N+](CCC(C)C)(C(C)C)C(C)C. The quantitative estimate of drug-likeness (QED) is 0.560. The maximum absolute atomic E-state index is 2.38. The van der Waals surface area contributed by atoms with Crippen molar-refractivity contribution < 1.29 is 4.48 Å². The molecule has 0 rings (SSSR count). The highest BCUT2D eigenvalue weighted by Crippen LogP contribution is 2.22. The molecule has 0 saturated heterocycles. The largest absolute Gasteiger partial charge is 0.320 e. The van der Waals surface area contributed by atoms with Crippen molar-refractivity contribution in [2.24, 2.45) is 5.92 Å². The van der Waals surface area contributed by atoms with Crippen LogP contribution in [0.15, 0.2) is 0 Å². The van der Waals surface area contributed by atoms with Crippen LogP contribution >= 0.6 is 0 Å². The molecule has 0 unspecified atom stereocenters. The summed E-state index contributed by atoms with van der Waals surface area (Å²) in [6.45, 7) is 19.2. The molecule has 0 bridgehead atoms. The average molecular weight is 214 g/mol. The van der Waals surface area contributed by atoms with Crippen LogP contribution in [0.5, 0.6) is 0 Å². The molecule has 1 nitrogen and oxygen atoms in total. The monoisotopic (exact) mass is 214 g/mol. The van der Waals surface area contributed by atoms with Crippen molar-refractivity contribution in [2.45, 2.75) is 73.4 Å². The van der Waals surface area contributed by atoms with E-state index < -0.39 is 0 Å². The van der Waals surface area contributed by atoms with Crippen molar-refractivity contribution in [2.75, 3.05) is 13.1 Å². The molecule has 0 aliphatic carbocycles. The minimum absolute atomic E-state index is 0.753. The first-order chi connectivity index (χ1) is 6.86. The maximum atomic E-state index is 2.38. The standard InChI is InChI=1S/C14H32N/c1-8-10-15(13(4)5,14(6)7)11-9-12(2)3/h12-14H,8-11H2,1-7H3/q+1. The van der Waals surface area contributed by atoms with Crippen LogP contribution in [-0.4, -0.2) is 29.7 Å². The molecule has 0 atom stereocenters. The molecular weight excluding hydrogens is 182 g/mol. The van der Waals surface area contributed by atoms with Crippen molar-refractivity contribution in [1.29, 1.82) is 0 Å². The molecular formula is C14H32N+. The molecule has 0 spiro atoms. The van der Waals surface area contributed by atoms with E-state index in [4.69, 9.17) is 0 Å². The van der Waals surface area contributed by atoms with E-state index >= 15 is 0 Å². The molecule has 0 N–H and O–H groups in total. The Bertz CT molecular complexity index is 151. The normalized spacial score (nSPS) is 13.2. The first-order valence-corrected chi connectivity index (χ1v) is 6.73. The van der Waals surface area contributed by atoms with Crippen LogP contribution in [0, 0.1) is 5.92 Å². The molecule has 0 radical (unpaired) electrons. The van der Waals surface area contributed by atoms with Crippen LogP contribution in [0.4, 0.5) is 0 Å². The summed E-state index contributed by atoms with van der Waals surface area (Å²) in [5.41, 5.74) is 0. The van der Waals surface area contributed by atoms with Crippen LogP contribution in [0.1, 0.15) is 61.3 Å². The van der Waals surface area contributed by atoms with E-state index in [-0.39, 0.29) is 0 Å². The molecule has 0 aliphatic rings. The minimum Gasteiger partial charge on any atom is -0.320 e. The third kappa shape index (κ3) is 4.14. The number of hydrogen-bond acceptors (Lipinski definition) is 0. The van der Waals surface area contributed by atoms with Crippen molar-refractivity contribution in [3.05, 3.63) is 0 Å². The lowest BCUT2D eigenvalue weighted by Gasteiger charge is -2.46. The molecule has 92 valence electrons. The number of hydrogen-bond donors (Lipinski definition) is 0. The van der Waals surface area contributed by atoms with Gasteiger partial charge in [-0.3, -0.25) is 0 Å². The van der Waals surface area contributed by atoms with E-state index in [1.807, 2.05) is 0 Å². The first kappa shape index (κ1) is 15.0. The van der Waals surface area contributed by atoms with Gasteiger partial charge in [-0.2, -0.15) is 0 Å². The fraction of sp³-hybridized carbons (Fsp3) is 1.00. The molecule has 0 amide bonds. The molecule has 0 fully saturated rings. The van der Waals surface area contributed by atoms with Crippen LogP contribution in [0.2, 0.25) is 0 Å². The van der Waals surface area contributed by atoms with E-state index in [2.05, 4.69) is 48.5 Å². The lowest BCUT2D eigenvalue weighted by molar-refractivity contribution is -0.967. The first-order valence-electron chi connectivity index (χ1n) is 6.73. The van der Waals surface area contributed by atoms with Crippen LogP contribution in [-0.2, 0) is 0 Å². The van der Waals surface area contributed by atoms with Gasteiger partial charge in [0.2, 0.25) is 0 Å². The molecule has 0 heterocycles. The van der Waals surface area contributed by atoms with Crippen LogP contribution < -0.4 is 0 Å². The van der Waals surface area contributed by atoms with Gasteiger partial charge in [0, 0.05) is 0 Å². The topological polar surface area (TPSA) is 0 Å². The van der Waals surface area contributed by atoms with Gasteiger partial charge >= 0.3 is 0 Å². The van der Waals surface area contributed by atoms with Crippen LogP contribution in [0.3, 0.4) is 0 Å². The second kappa shape index (κ2) is 6.52. The summed E-state index contributed by atoms with van der Waals surface area (Å²) in [7, 11) is 0. The van der Waals surface area contributed by atoms with Gasteiger partial charge in [-0.25, -0.2) is 0 Å². The second-order valence-electron chi connectivity index (χ2n) is 5.92. The van der Waals surface area contributed by atoms with Gasteiger partial charge in [0.05, 0.1) is 25.2 Å². The van der Waals surface area contributed by atoms with E-state index in [1.165, 1.54) is 30.4 Å². The highest BCUT2D eigenvalue weighted by molar-refractivity contribution is 4.56. The Labute approximate surface area is 97.5 Å². The van der Waals surface area contributed by atoms with Gasteiger partial charge in [0.15, 0.2) is 0 Å². The van der Waals surface area contributed by atoms with Crippen molar-refractivity contribution in [3.8, 4) is 0 Å². The molecule has 0 aromatic carbocycles. The Kier molecular flexibility index (Phi) is 6.51. The van der Waals surface area contributed by atoms with Gasteiger partial charge in [-0.15, -0.1) is 0 Å². The smallest absolute Gasteiger partial charge is 0.0835 e. The molecule has 1 heteroatoms. The Hall–Kier alpha value is -0.0400.